The van der Waals surface area contributed by atoms with Gasteiger partial charge in [0.1, 0.15) is 0 Å². The van der Waals surface area contributed by atoms with Crippen LogP contribution in [0.2, 0.25) is 0 Å². The van der Waals surface area contributed by atoms with Gasteiger partial charge in [-0.25, -0.2) is 0 Å². The molecule has 4 aromatic rings. The second-order valence-corrected chi connectivity index (χ2v) is 14.5. The molecule has 0 bridgehead atoms. The maximum atomic E-state index is 2.46. The minimum Gasteiger partial charge on any atom is -0.314 e. The van der Waals surface area contributed by atoms with Gasteiger partial charge in [0.05, 0.1) is 0 Å². The number of hydrogen-bond donors (Lipinski definition) is 0. The van der Waals surface area contributed by atoms with E-state index in [1.54, 1.807) is 0 Å². The van der Waals surface area contributed by atoms with E-state index in [2.05, 4.69) is 165 Å². The Labute approximate surface area is 288 Å². The summed E-state index contributed by atoms with van der Waals surface area (Å²) in [5.41, 5.74) is 14.4. The lowest BCUT2D eigenvalue weighted by Gasteiger charge is -2.39. The number of hydrogen-bond acceptors (Lipinski definition) is 2. The van der Waals surface area contributed by atoms with Crippen molar-refractivity contribution in [3.63, 3.8) is 0 Å². The SMILES string of the molecule is CC1=CC=C(N(c2ccc(C)cc2)c2ccc(C3(c4ccc(N(C5=CCC(C)C=C5)c5ccc(C)cc5)cc4)CCCCC3)cc2)CC1. The molecule has 48 heavy (non-hydrogen) atoms. The highest BCUT2D eigenvalue weighted by Gasteiger charge is 2.36. The van der Waals surface area contributed by atoms with Gasteiger partial charge in [-0.15, -0.1) is 0 Å². The van der Waals surface area contributed by atoms with E-state index >= 15 is 0 Å². The lowest BCUT2D eigenvalue weighted by molar-refractivity contribution is 0.346. The summed E-state index contributed by atoms with van der Waals surface area (Å²) in [4.78, 5) is 4.88. The zero-order valence-electron chi connectivity index (χ0n) is 29.3. The predicted octanol–water partition coefficient (Wildman–Crippen LogP) is 12.9. The van der Waals surface area contributed by atoms with E-state index in [0.717, 1.165) is 19.3 Å². The molecule has 244 valence electrons. The Morgan fingerprint density at radius 2 is 1.06 bits per heavy atom. The zero-order valence-corrected chi connectivity index (χ0v) is 29.3. The van der Waals surface area contributed by atoms with Crippen LogP contribution >= 0.6 is 0 Å². The molecule has 3 aliphatic rings. The molecule has 7 rings (SSSR count). The fourth-order valence-electron chi connectivity index (χ4n) is 7.87. The number of rotatable bonds is 8. The van der Waals surface area contributed by atoms with Gasteiger partial charge in [-0.3, -0.25) is 0 Å². The third kappa shape index (κ3) is 6.59. The number of allylic oxidation sites excluding steroid dienone is 7. The molecule has 0 aromatic heterocycles. The van der Waals surface area contributed by atoms with Crippen molar-refractivity contribution >= 4 is 22.7 Å². The summed E-state index contributed by atoms with van der Waals surface area (Å²) in [7, 11) is 0. The number of anilines is 4. The van der Waals surface area contributed by atoms with Gasteiger partial charge in [0.2, 0.25) is 0 Å². The Balaban J connectivity index is 1.23. The third-order valence-corrected chi connectivity index (χ3v) is 10.8. The van der Waals surface area contributed by atoms with Gasteiger partial charge in [-0.2, -0.15) is 0 Å². The van der Waals surface area contributed by atoms with Crippen LogP contribution in [0.3, 0.4) is 0 Å². The Kier molecular flexibility index (Phi) is 9.26. The number of aryl methyl sites for hydroxylation is 2. The highest BCUT2D eigenvalue weighted by Crippen LogP contribution is 2.47. The second kappa shape index (κ2) is 13.9. The fourth-order valence-corrected chi connectivity index (χ4v) is 7.87. The van der Waals surface area contributed by atoms with Crippen molar-refractivity contribution in [2.45, 2.75) is 84.5 Å². The largest absolute Gasteiger partial charge is 0.314 e. The first kappa shape index (κ1) is 32.0. The quantitative estimate of drug-likeness (QED) is 0.191. The van der Waals surface area contributed by atoms with Crippen LogP contribution in [0.4, 0.5) is 22.7 Å². The molecule has 1 saturated carbocycles. The normalized spacial score (nSPS) is 18.8. The average molecular weight is 631 g/mol. The van der Waals surface area contributed by atoms with Crippen LogP contribution < -0.4 is 9.80 Å². The van der Waals surface area contributed by atoms with E-state index in [-0.39, 0.29) is 5.41 Å². The lowest BCUT2D eigenvalue weighted by Crippen LogP contribution is -2.30. The van der Waals surface area contributed by atoms with E-state index < -0.39 is 0 Å². The van der Waals surface area contributed by atoms with Crippen LogP contribution in [0, 0.1) is 19.8 Å². The molecule has 0 N–H and O–H groups in total. The zero-order chi connectivity index (χ0) is 33.1. The van der Waals surface area contributed by atoms with Crippen molar-refractivity contribution in [1.29, 1.82) is 0 Å². The highest BCUT2D eigenvalue weighted by atomic mass is 15.2. The third-order valence-electron chi connectivity index (χ3n) is 10.8. The first-order valence-corrected chi connectivity index (χ1v) is 18.1. The maximum Gasteiger partial charge on any atom is 0.0461 e. The van der Waals surface area contributed by atoms with E-state index in [1.807, 2.05) is 0 Å². The summed E-state index contributed by atoms with van der Waals surface area (Å²) in [5, 5.41) is 0. The molecule has 2 heteroatoms. The van der Waals surface area contributed by atoms with E-state index in [0.29, 0.717) is 5.92 Å². The molecular weight excluding hydrogens is 581 g/mol. The van der Waals surface area contributed by atoms with Gasteiger partial charge in [0.15, 0.2) is 0 Å². The number of nitrogens with zero attached hydrogens (tertiary/aromatic N) is 2. The second-order valence-electron chi connectivity index (χ2n) is 14.5. The van der Waals surface area contributed by atoms with Gasteiger partial charge >= 0.3 is 0 Å². The van der Waals surface area contributed by atoms with E-state index in [4.69, 9.17) is 0 Å². The molecular formula is C46H50N2. The van der Waals surface area contributed by atoms with Gasteiger partial charge in [0.25, 0.3) is 0 Å². The predicted molar refractivity (Wildman–Crippen MR) is 205 cm³/mol. The molecule has 4 aromatic carbocycles. The number of benzene rings is 4. The van der Waals surface area contributed by atoms with Crippen LogP contribution in [0.25, 0.3) is 0 Å². The molecule has 0 radical (unpaired) electrons. The first-order chi connectivity index (χ1) is 23.4. The summed E-state index contributed by atoms with van der Waals surface area (Å²) in [6.45, 7) is 8.84. The van der Waals surface area contributed by atoms with Crippen LogP contribution in [-0.2, 0) is 5.41 Å². The van der Waals surface area contributed by atoms with Crippen LogP contribution in [0.5, 0.6) is 0 Å². The highest BCUT2D eigenvalue weighted by molar-refractivity contribution is 5.72. The first-order valence-electron chi connectivity index (χ1n) is 18.1. The summed E-state index contributed by atoms with van der Waals surface area (Å²) in [6.07, 6.45) is 21.1. The maximum absolute atomic E-state index is 2.46. The summed E-state index contributed by atoms with van der Waals surface area (Å²) in [6, 6.07) is 37.1. The van der Waals surface area contributed by atoms with Gasteiger partial charge in [0, 0.05) is 39.6 Å². The van der Waals surface area contributed by atoms with Gasteiger partial charge in [-0.05, 0) is 131 Å². The van der Waals surface area contributed by atoms with Crippen molar-refractivity contribution in [2.75, 3.05) is 9.80 Å². The molecule has 0 heterocycles. The topological polar surface area (TPSA) is 6.48 Å². The van der Waals surface area contributed by atoms with Gasteiger partial charge < -0.3 is 9.80 Å². The van der Waals surface area contributed by atoms with Crippen molar-refractivity contribution in [3.8, 4) is 0 Å². The molecule has 1 fully saturated rings. The average Bonchev–Trinajstić information content (AvgIpc) is 3.13. The van der Waals surface area contributed by atoms with E-state index in [1.165, 1.54) is 94.1 Å². The molecule has 0 amide bonds. The minimum atomic E-state index is 0.0298. The van der Waals surface area contributed by atoms with Crippen molar-refractivity contribution in [1.82, 2.24) is 0 Å². The van der Waals surface area contributed by atoms with Gasteiger partial charge in [-0.1, -0.05) is 110 Å². The van der Waals surface area contributed by atoms with Crippen molar-refractivity contribution in [3.05, 3.63) is 167 Å². The molecule has 0 spiro atoms. The minimum absolute atomic E-state index is 0.0298. The molecule has 0 aliphatic heterocycles. The molecule has 2 nitrogen and oxygen atoms in total. The summed E-state index contributed by atoms with van der Waals surface area (Å²) >= 11 is 0. The molecule has 0 saturated heterocycles. The standard InChI is InChI=1S/C46H50N2/c1-34-8-20-40(21-9-34)47(41-22-10-35(2)11-23-41)44-28-16-38(17-29-44)46(32-6-5-7-33-46)39-18-30-45(31-19-39)48(42-24-12-36(3)13-25-42)43-26-14-37(4)15-27-43/h8-10,12-14,16-26,28-31,35H,5-7,11,15,27,32-33H2,1-4H3. The Morgan fingerprint density at radius 3 is 1.52 bits per heavy atom. The van der Waals surface area contributed by atoms with Crippen LogP contribution in [0.1, 0.15) is 87.5 Å². The fraction of sp³-hybridized carbons (Fsp3) is 0.304. The lowest BCUT2D eigenvalue weighted by atomic mass is 9.65. The van der Waals surface area contributed by atoms with Crippen molar-refractivity contribution in [2.24, 2.45) is 5.92 Å². The van der Waals surface area contributed by atoms with Crippen molar-refractivity contribution < 1.29 is 0 Å². The Morgan fingerprint density at radius 1 is 0.562 bits per heavy atom. The smallest absolute Gasteiger partial charge is 0.0461 e. The molecule has 1 atom stereocenters. The molecule has 1 unspecified atom stereocenters. The van der Waals surface area contributed by atoms with E-state index in [9.17, 15) is 0 Å². The monoisotopic (exact) mass is 630 g/mol. The Bertz CT molecular complexity index is 1830. The molecule has 3 aliphatic carbocycles. The van der Waals surface area contributed by atoms with Crippen LogP contribution in [0.15, 0.2) is 144 Å². The Hall–Kier alpha value is -4.56. The van der Waals surface area contributed by atoms with Crippen LogP contribution in [-0.4, -0.2) is 0 Å². The summed E-state index contributed by atoms with van der Waals surface area (Å²) in [5.74, 6) is 0.581. The summed E-state index contributed by atoms with van der Waals surface area (Å²) < 4.78 is 0.